The number of aromatic nitrogens is 2. The number of nitrogens with one attached hydrogen (secondary N) is 1. The van der Waals surface area contributed by atoms with Gasteiger partial charge in [0.1, 0.15) is 16.2 Å². The lowest BCUT2D eigenvalue weighted by Crippen LogP contribution is -2.46. The fraction of sp³-hybridized carbons (Fsp3) is 0.556. The second-order valence-corrected chi connectivity index (χ2v) is 8.47. The summed E-state index contributed by atoms with van der Waals surface area (Å²) in [4.78, 5) is 33.7. The van der Waals surface area contributed by atoms with Crippen LogP contribution in [0.25, 0.3) is 10.2 Å². The summed E-state index contributed by atoms with van der Waals surface area (Å²) >= 11 is 2.84. The molecule has 2 heterocycles. The SMILES string of the molecule is C[C@@H]1CCCC[C@H]1NC(=O)[C@@H](C)OC(=O)CSc1ncnc2sccc12. The van der Waals surface area contributed by atoms with Gasteiger partial charge in [-0.3, -0.25) is 9.59 Å². The highest BCUT2D eigenvalue weighted by atomic mass is 32.2. The highest BCUT2D eigenvalue weighted by molar-refractivity contribution is 8.00. The smallest absolute Gasteiger partial charge is 0.317 e. The third-order valence-corrected chi connectivity index (χ3v) is 6.47. The number of fused-ring (bicyclic) bond motifs is 1. The van der Waals surface area contributed by atoms with Gasteiger partial charge in [0.2, 0.25) is 0 Å². The van der Waals surface area contributed by atoms with Crippen LogP contribution in [0.5, 0.6) is 0 Å². The Kier molecular flexibility index (Phi) is 6.48. The maximum atomic E-state index is 12.3. The molecule has 0 saturated heterocycles. The first-order valence-electron chi connectivity index (χ1n) is 8.85. The summed E-state index contributed by atoms with van der Waals surface area (Å²) in [6.07, 6.45) is 5.18. The second kappa shape index (κ2) is 8.81. The van der Waals surface area contributed by atoms with Crippen LogP contribution >= 0.6 is 23.1 Å². The van der Waals surface area contributed by atoms with E-state index in [0.717, 1.165) is 34.5 Å². The predicted molar refractivity (Wildman–Crippen MR) is 103 cm³/mol. The molecule has 3 atom stereocenters. The van der Waals surface area contributed by atoms with Crippen LogP contribution in [0, 0.1) is 5.92 Å². The molecule has 0 aromatic carbocycles. The number of thiophene rings is 1. The molecule has 1 aliphatic rings. The molecule has 0 radical (unpaired) electrons. The van der Waals surface area contributed by atoms with Gasteiger partial charge < -0.3 is 10.1 Å². The quantitative estimate of drug-likeness (QED) is 0.460. The van der Waals surface area contributed by atoms with Crippen LogP contribution in [-0.2, 0) is 14.3 Å². The van der Waals surface area contributed by atoms with Gasteiger partial charge >= 0.3 is 5.97 Å². The Labute approximate surface area is 161 Å². The van der Waals surface area contributed by atoms with E-state index in [2.05, 4.69) is 22.2 Å². The van der Waals surface area contributed by atoms with Crippen LogP contribution in [0.3, 0.4) is 0 Å². The van der Waals surface area contributed by atoms with E-state index >= 15 is 0 Å². The van der Waals surface area contributed by atoms with E-state index in [1.165, 1.54) is 35.8 Å². The molecule has 2 aromatic heterocycles. The molecule has 140 valence electrons. The molecule has 2 aromatic rings. The van der Waals surface area contributed by atoms with Crippen LogP contribution in [-0.4, -0.2) is 39.7 Å². The summed E-state index contributed by atoms with van der Waals surface area (Å²) < 4.78 is 5.29. The number of thioether (sulfide) groups is 1. The van der Waals surface area contributed by atoms with Crippen molar-refractivity contribution in [2.45, 2.75) is 56.7 Å². The Bertz CT molecular complexity index is 780. The van der Waals surface area contributed by atoms with E-state index in [-0.39, 0.29) is 17.7 Å². The Morgan fingerprint density at radius 1 is 1.38 bits per heavy atom. The standard InChI is InChI=1S/C18H23N3O3S2/c1-11-5-3-4-6-14(11)21-16(23)12(2)24-15(22)9-26-18-13-7-8-25-17(13)19-10-20-18/h7-8,10-12,14H,3-6,9H2,1-2H3,(H,21,23)/t11-,12-,14-/m1/s1. The Morgan fingerprint density at radius 3 is 3.00 bits per heavy atom. The van der Waals surface area contributed by atoms with Crippen molar-refractivity contribution in [3.8, 4) is 0 Å². The first-order chi connectivity index (χ1) is 12.5. The van der Waals surface area contributed by atoms with Crippen LogP contribution in [0.2, 0.25) is 0 Å². The lowest BCUT2D eigenvalue weighted by atomic mass is 9.86. The van der Waals surface area contributed by atoms with Gasteiger partial charge in [-0.25, -0.2) is 9.97 Å². The van der Waals surface area contributed by atoms with Gasteiger partial charge in [0.25, 0.3) is 5.91 Å². The molecule has 0 aliphatic heterocycles. The maximum Gasteiger partial charge on any atom is 0.317 e. The lowest BCUT2D eigenvalue weighted by molar-refractivity contribution is -0.152. The number of hydrogen-bond acceptors (Lipinski definition) is 7. The average molecular weight is 394 g/mol. The molecule has 1 N–H and O–H groups in total. The molecular formula is C18H23N3O3S2. The molecule has 1 amide bonds. The van der Waals surface area contributed by atoms with E-state index < -0.39 is 12.1 Å². The molecule has 26 heavy (non-hydrogen) atoms. The number of esters is 1. The number of carbonyl (C=O) groups excluding carboxylic acids is 2. The van der Waals surface area contributed by atoms with Gasteiger partial charge in [0.15, 0.2) is 6.10 Å². The number of rotatable bonds is 6. The zero-order chi connectivity index (χ0) is 18.5. The maximum absolute atomic E-state index is 12.3. The topological polar surface area (TPSA) is 81.2 Å². The summed E-state index contributed by atoms with van der Waals surface area (Å²) in [5, 5.41) is 6.66. The monoisotopic (exact) mass is 393 g/mol. The normalized spacial score (nSPS) is 21.3. The Morgan fingerprint density at radius 2 is 2.19 bits per heavy atom. The van der Waals surface area contributed by atoms with Crippen molar-refractivity contribution in [2.75, 3.05) is 5.75 Å². The molecule has 0 spiro atoms. The number of hydrogen-bond donors (Lipinski definition) is 1. The van der Waals surface area contributed by atoms with Gasteiger partial charge in [-0.1, -0.05) is 31.5 Å². The molecular weight excluding hydrogens is 370 g/mol. The van der Waals surface area contributed by atoms with E-state index in [4.69, 9.17) is 4.74 Å². The molecule has 6 nitrogen and oxygen atoms in total. The molecule has 1 fully saturated rings. The zero-order valence-corrected chi connectivity index (χ0v) is 16.6. The Hall–Kier alpha value is -1.67. The average Bonchev–Trinajstić information content (AvgIpc) is 3.11. The molecule has 8 heteroatoms. The van der Waals surface area contributed by atoms with Gasteiger partial charge in [-0.15, -0.1) is 11.3 Å². The fourth-order valence-electron chi connectivity index (χ4n) is 3.13. The van der Waals surface area contributed by atoms with Crippen molar-refractivity contribution < 1.29 is 14.3 Å². The second-order valence-electron chi connectivity index (χ2n) is 6.62. The number of nitrogens with zero attached hydrogens (tertiary/aromatic N) is 2. The lowest BCUT2D eigenvalue weighted by Gasteiger charge is -2.30. The number of ether oxygens (including phenoxy) is 1. The van der Waals surface area contributed by atoms with Gasteiger partial charge in [-0.2, -0.15) is 0 Å². The largest absolute Gasteiger partial charge is 0.452 e. The highest BCUT2D eigenvalue weighted by Crippen LogP contribution is 2.27. The van der Waals surface area contributed by atoms with Crippen LogP contribution < -0.4 is 5.32 Å². The van der Waals surface area contributed by atoms with Gasteiger partial charge in [-0.05, 0) is 37.1 Å². The van der Waals surface area contributed by atoms with Crippen LogP contribution in [0.1, 0.15) is 39.5 Å². The van der Waals surface area contributed by atoms with Gasteiger partial charge in [0.05, 0.1) is 5.75 Å². The minimum Gasteiger partial charge on any atom is -0.452 e. The summed E-state index contributed by atoms with van der Waals surface area (Å²) in [5.74, 6) is -0.0583. The van der Waals surface area contributed by atoms with Crippen molar-refractivity contribution in [2.24, 2.45) is 5.92 Å². The third kappa shape index (κ3) is 4.73. The minimum absolute atomic E-state index is 0.111. The Balaban J connectivity index is 1.48. The fourth-order valence-corrected chi connectivity index (χ4v) is 4.69. The zero-order valence-electron chi connectivity index (χ0n) is 14.9. The van der Waals surface area contributed by atoms with Crippen molar-refractivity contribution in [1.82, 2.24) is 15.3 Å². The summed E-state index contributed by atoms with van der Waals surface area (Å²) in [6, 6.07) is 2.12. The van der Waals surface area contributed by atoms with Crippen molar-refractivity contribution >= 4 is 45.2 Å². The highest BCUT2D eigenvalue weighted by Gasteiger charge is 2.26. The molecule has 1 saturated carbocycles. The molecule has 0 unspecified atom stereocenters. The van der Waals surface area contributed by atoms with Crippen molar-refractivity contribution in [1.29, 1.82) is 0 Å². The van der Waals surface area contributed by atoms with E-state index in [0.29, 0.717) is 5.92 Å². The molecule has 0 bridgehead atoms. The number of carbonyl (C=O) groups is 2. The summed E-state index contributed by atoms with van der Waals surface area (Å²) in [7, 11) is 0. The van der Waals surface area contributed by atoms with Gasteiger partial charge in [0, 0.05) is 11.4 Å². The van der Waals surface area contributed by atoms with E-state index in [1.54, 1.807) is 6.92 Å². The third-order valence-electron chi connectivity index (χ3n) is 4.67. The van der Waals surface area contributed by atoms with E-state index in [1.807, 2.05) is 11.4 Å². The minimum atomic E-state index is -0.788. The molecule has 1 aliphatic carbocycles. The van der Waals surface area contributed by atoms with Crippen LogP contribution in [0.15, 0.2) is 22.8 Å². The number of amides is 1. The first kappa shape index (κ1) is 19.1. The van der Waals surface area contributed by atoms with Crippen molar-refractivity contribution in [3.05, 3.63) is 17.8 Å². The van der Waals surface area contributed by atoms with Crippen molar-refractivity contribution in [3.63, 3.8) is 0 Å². The first-order valence-corrected chi connectivity index (χ1v) is 10.7. The summed E-state index contributed by atoms with van der Waals surface area (Å²) in [6.45, 7) is 3.78. The summed E-state index contributed by atoms with van der Waals surface area (Å²) in [5.41, 5.74) is 0. The molecule has 3 rings (SSSR count). The van der Waals surface area contributed by atoms with E-state index in [9.17, 15) is 9.59 Å². The van der Waals surface area contributed by atoms with Crippen LogP contribution in [0.4, 0.5) is 0 Å². The predicted octanol–water partition coefficient (Wildman–Crippen LogP) is 3.41.